The summed E-state index contributed by atoms with van der Waals surface area (Å²) in [6, 6.07) is 8.69. The van der Waals surface area contributed by atoms with Crippen molar-refractivity contribution in [1.82, 2.24) is 9.55 Å². The summed E-state index contributed by atoms with van der Waals surface area (Å²) in [6.07, 6.45) is 0. The molecule has 10 heteroatoms. The quantitative estimate of drug-likeness (QED) is 0.431. The Hall–Kier alpha value is -3.92. The number of rotatable bonds is 5. The molecule has 2 aromatic heterocycles. The number of Topliss-reactive ketones (excluding diaryl/α,β-unsaturated/α-hetero) is 1. The lowest BCUT2D eigenvalue weighted by Gasteiger charge is -2.24. The number of H-pyrrole nitrogens is 1. The first kappa shape index (κ1) is 22.3. The molecule has 0 unspecified atom stereocenters. The number of benzene rings is 2. The molecular weight excluding hydrogens is 454 g/mol. The number of aromatic amines is 1. The number of hydrogen-bond acceptors (Lipinski definition) is 5. The number of fused-ring (bicyclic) bond motifs is 1. The lowest BCUT2D eigenvalue weighted by molar-refractivity contribution is 0.0703. The fourth-order valence-electron chi connectivity index (χ4n) is 3.61. The molecule has 0 bridgehead atoms. The van der Waals surface area contributed by atoms with Gasteiger partial charge in [0.15, 0.2) is 5.78 Å². The van der Waals surface area contributed by atoms with Crippen LogP contribution in [0.15, 0.2) is 57.4 Å². The fraction of sp³-hybridized carbons (Fsp3) is 0.130. The van der Waals surface area contributed by atoms with Gasteiger partial charge in [-0.05, 0) is 49.7 Å². The molecule has 4 aromatic rings. The lowest BCUT2D eigenvalue weighted by Crippen LogP contribution is -2.35. The minimum absolute atomic E-state index is 0.0172. The summed E-state index contributed by atoms with van der Waals surface area (Å²) in [5.41, 5.74) is -3.34. The van der Waals surface area contributed by atoms with E-state index >= 15 is 0 Å². The zero-order valence-electron chi connectivity index (χ0n) is 17.3. The standard InChI is InChI=1S/C23H16F2N2O5S/c1-23(2,12-4-3-5-13(24)9-12)19(28)11-6-7-14(25)16(8-11)27-20(29)17-15(26-22(27)32)10-33-18(17)21(30)31/h3-10H,1-2H3,(H,26,32)(H,30,31). The van der Waals surface area contributed by atoms with Crippen molar-refractivity contribution in [3.05, 3.63) is 96.3 Å². The van der Waals surface area contributed by atoms with Crippen molar-refractivity contribution in [2.75, 3.05) is 0 Å². The maximum Gasteiger partial charge on any atom is 0.346 e. The Kier molecular flexibility index (Phi) is 5.33. The van der Waals surface area contributed by atoms with Gasteiger partial charge in [-0.3, -0.25) is 9.59 Å². The van der Waals surface area contributed by atoms with Gasteiger partial charge in [0.05, 0.1) is 22.0 Å². The van der Waals surface area contributed by atoms with Gasteiger partial charge < -0.3 is 10.1 Å². The number of carbonyl (C=O) groups excluding carboxylic acids is 1. The molecule has 2 aromatic carbocycles. The van der Waals surface area contributed by atoms with Crippen molar-refractivity contribution < 1.29 is 23.5 Å². The van der Waals surface area contributed by atoms with E-state index in [1.54, 1.807) is 19.9 Å². The largest absolute Gasteiger partial charge is 0.477 e. The van der Waals surface area contributed by atoms with Crippen molar-refractivity contribution in [2.24, 2.45) is 0 Å². The van der Waals surface area contributed by atoms with E-state index in [9.17, 15) is 33.1 Å². The Morgan fingerprint density at radius 3 is 2.48 bits per heavy atom. The molecule has 33 heavy (non-hydrogen) atoms. The van der Waals surface area contributed by atoms with E-state index in [0.29, 0.717) is 10.1 Å². The fourth-order valence-corrected chi connectivity index (χ4v) is 4.44. The first-order valence-electron chi connectivity index (χ1n) is 9.63. The van der Waals surface area contributed by atoms with Gasteiger partial charge in [0.2, 0.25) is 0 Å². The molecule has 2 heterocycles. The van der Waals surface area contributed by atoms with E-state index < -0.39 is 45.7 Å². The van der Waals surface area contributed by atoms with Crippen molar-refractivity contribution in [3.63, 3.8) is 0 Å². The average Bonchev–Trinajstić information content (AvgIpc) is 3.19. The van der Waals surface area contributed by atoms with Gasteiger partial charge in [-0.1, -0.05) is 12.1 Å². The molecular formula is C23H16F2N2O5S. The van der Waals surface area contributed by atoms with Crippen LogP contribution in [0.25, 0.3) is 16.6 Å². The van der Waals surface area contributed by atoms with E-state index in [1.165, 1.54) is 29.6 Å². The molecule has 0 aliphatic heterocycles. The molecule has 0 spiro atoms. The summed E-state index contributed by atoms with van der Waals surface area (Å²) in [7, 11) is 0. The van der Waals surface area contributed by atoms with Crippen molar-refractivity contribution in [2.45, 2.75) is 19.3 Å². The highest BCUT2D eigenvalue weighted by molar-refractivity contribution is 7.13. The van der Waals surface area contributed by atoms with E-state index in [0.717, 1.165) is 23.5 Å². The number of thiophene rings is 1. The Balaban J connectivity index is 1.90. The van der Waals surface area contributed by atoms with Crippen LogP contribution in [0.1, 0.15) is 39.4 Å². The van der Waals surface area contributed by atoms with Gasteiger partial charge in [0.1, 0.15) is 16.5 Å². The second kappa shape index (κ2) is 7.89. The van der Waals surface area contributed by atoms with Crippen LogP contribution in [0.4, 0.5) is 8.78 Å². The van der Waals surface area contributed by atoms with Crippen LogP contribution >= 0.6 is 11.3 Å². The van der Waals surface area contributed by atoms with Crippen LogP contribution < -0.4 is 11.2 Å². The molecule has 0 saturated heterocycles. The molecule has 2 N–H and O–H groups in total. The van der Waals surface area contributed by atoms with E-state index in [1.807, 2.05) is 0 Å². The number of aromatic nitrogens is 2. The molecule has 0 aliphatic rings. The predicted molar refractivity (Wildman–Crippen MR) is 119 cm³/mol. The summed E-state index contributed by atoms with van der Waals surface area (Å²) in [5.74, 6) is -3.35. The predicted octanol–water partition coefficient (Wildman–Crippen LogP) is 3.88. The second-order valence-corrected chi connectivity index (χ2v) is 8.74. The van der Waals surface area contributed by atoms with Crippen molar-refractivity contribution in [3.8, 4) is 5.69 Å². The smallest absolute Gasteiger partial charge is 0.346 e. The molecule has 7 nitrogen and oxygen atoms in total. The number of nitrogens with one attached hydrogen (secondary N) is 1. The minimum atomic E-state index is -1.37. The van der Waals surface area contributed by atoms with Crippen molar-refractivity contribution >= 4 is 34.0 Å². The molecule has 0 aliphatic carbocycles. The Morgan fingerprint density at radius 1 is 1.09 bits per heavy atom. The lowest BCUT2D eigenvalue weighted by atomic mass is 9.78. The zero-order valence-corrected chi connectivity index (χ0v) is 18.1. The maximum absolute atomic E-state index is 14.7. The first-order valence-corrected chi connectivity index (χ1v) is 10.5. The minimum Gasteiger partial charge on any atom is -0.477 e. The molecule has 0 saturated carbocycles. The zero-order chi connectivity index (χ0) is 24.1. The third-order valence-corrected chi connectivity index (χ3v) is 6.38. The molecule has 4 rings (SSSR count). The van der Waals surface area contributed by atoms with Gasteiger partial charge in [0.25, 0.3) is 5.56 Å². The van der Waals surface area contributed by atoms with Crippen LogP contribution in [0, 0.1) is 11.6 Å². The first-order chi connectivity index (χ1) is 15.5. The summed E-state index contributed by atoms with van der Waals surface area (Å²) in [5, 5.41) is 10.4. The van der Waals surface area contributed by atoms with Crippen LogP contribution in [0.3, 0.4) is 0 Å². The number of aromatic carboxylic acids is 1. The highest BCUT2D eigenvalue weighted by Gasteiger charge is 2.32. The van der Waals surface area contributed by atoms with Crippen LogP contribution in [-0.2, 0) is 5.41 Å². The third kappa shape index (κ3) is 3.68. The normalized spacial score (nSPS) is 11.6. The van der Waals surface area contributed by atoms with Crippen LogP contribution in [0.5, 0.6) is 0 Å². The Bertz CT molecular complexity index is 1570. The summed E-state index contributed by atoms with van der Waals surface area (Å²) in [4.78, 5) is 52.4. The third-order valence-electron chi connectivity index (χ3n) is 5.41. The maximum atomic E-state index is 14.7. The van der Waals surface area contributed by atoms with Gasteiger partial charge in [-0.2, -0.15) is 0 Å². The SMILES string of the molecule is CC(C)(C(=O)c1ccc(F)c(-n2c(=O)[nH]c3csc(C(=O)O)c3c2=O)c1)c1cccc(F)c1. The van der Waals surface area contributed by atoms with Gasteiger partial charge in [-0.25, -0.2) is 22.9 Å². The molecule has 0 atom stereocenters. The Labute approximate surface area is 188 Å². The number of carboxylic acid groups (broad SMARTS) is 1. The van der Waals surface area contributed by atoms with Crippen molar-refractivity contribution in [1.29, 1.82) is 0 Å². The van der Waals surface area contributed by atoms with Gasteiger partial charge >= 0.3 is 11.7 Å². The molecule has 0 radical (unpaired) electrons. The molecule has 0 fully saturated rings. The number of ketones is 1. The summed E-state index contributed by atoms with van der Waals surface area (Å²) >= 11 is 0.751. The van der Waals surface area contributed by atoms with E-state index in [2.05, 4.69) is 4.98 Å². The summed E-state index contributed by atoms with van der Waals surface area (Å²) in [6.45, 7) is 3.14. The summed E-state index contributed by atoms with van der Waals surface area (Å²) < 4.78 is 28.9. The number of hydrogen-bond donors (Lipinski definition) is 2. The Morgan fingerprint density at radius 2 is 1.82 bits per heavy atom. The average molecular weight is 470 g/mol. The number of nitrogens with zero attached hydrogens (tertiary/aromatic N) is 1. The molecule has 0 amide bonds. The van der Waals surface area contributed by atoms with Crippen LogP contribution in [0.2, 0.25) is 0 Å². The highest BCUT2D eigenvalue weighted by Crippen LogP contribution is 2.29. The number of carbonyl (C=O) groups is 2. The number of halogens is 2. The highest BCUT2D eigenvalue weighted by atomic mass is 32.1. The van der Waals surface area contributed by atoms with Crippen LogP contribution in [-0.4, -0.2) is 26.4 Å². The topological polar surface area (TPSA) is 109 Å². The monoisotopic (exact) mass is 470 g/mol. The molecule has 168 valence electrons. The number of carboxylic acids is 1. The second-order valence-electron chi connectivity index (χ2n) is 7.86. The van der Waals surface area contributed by atoms with Gasteiger partial charge in [0, 0.05) is 10.9 Å². The van der Waals surface area contributed by atoms with Gasteiger partial charge in [-0.15, -0.1) is 11.3 Å². The van der Waals surface area contributed by atoms with E-state index in [4.69, 9.17) is 0 Å². The van der Waals surface area contributed by atoms with E-state index in [-0.39, 0.29) is 21.3 Å².